The van der Waals surface area contributed by atoms with Crippen LogP contribution in [0.25, 0.3) is 0 Å². The molecule has 3 nitrogen and oxygen atoms in total. The lowest BCUT2D eigenvalue weighted by Crippen LogP contribution is -2.43. The number of terminal acetylenes is 1. The second-order valence-corrected chi connectivity index (χ2v) is 4.88. The van der Waals surface area contributed by atoms with Gasteiger partial charge in [-0.3, -0.25) is 4.79 Å². The van der Waals surface area contributed by atoms with Gasteiger partial charge < -0.3 is 10.6 Å². The molecule has 0 aliphatic rings. The Morgan fingerprint density at radius 3 is 2.71 bits per heavy atom. The number of nitrogens with one attached hydrogen (secondary N) is 2. The van der Waals surface area contributed by atoms with Crippen molar-refractivity contribution in [2.24, 2.45) is 0 Å². The van der Waals surface area contributed by atoms with Gasteiger partial charge in [0.1, 0.15) is 0 Å². The fourth-order valence-corrected chi connectivity index (χ4v) is 1.36. The highest BCUT2D eigenvalue weighted by atomic mass is 16.2. The first kappa shape index (κ1) is 13.1. The van der Waals surface area contributed by atoms with E-state index in [0.29, 0.717) is 0 Å². The first-order valence-electron chi connectivity index (χ1n) is 5.52. The zero-order chi connectivity index (χ0) is 12.9. The van der Waals surface area contributed by atoms with E-state index in [1.54, 1.807) is 0 Å². The van der Waals surface area contributed by atoms with Crippen molar-refractivity contribution in [3.05, 3.63) is 29.8 Å². The summed E-state index contributed by atoms with van der Waals surface area (Å²) in [6, 6.07) is 7.43. The van der Waals surface area contributed by atoms with Crippen LogP contribution in [0.2, 0.25) is 0 Å². The van der Waals surface area contributed by atoms with Crippen LogP contribution in [0.3, 0.4) is 0 Å². The van der Waals surface area contributed by atoms with Crippen molar-refractivity contribution in [3.63, 3.8) is 0 Å². The van der Waals surface area contributed by atoms with Crippen molar-refractivity contribution in [3.8, 4) is 12.3 Å². The SMILES string of the molecule is C#Cc1cccc(NCC(=O)NC(C)(C)C)c1. The molecular formula is C14H18N2O. The van der Waals surface area contributed by atoms with Crippen molar-refractivity contribution >= 4 is 11.6 Å². The van der Waals surface area contributed by atoms with Gasteiger partial charge >= 0.3 is 0 Å². The third-order valence-electron chi connectivity index (χ3n) is 2.00. The molecule has 0 saturated carbocycles. The fraction of sp³-hybridized carbons (Fsp3) is 0.357. The number of carbonyl (C=O) groups is 1. The molecule has 0 spiro atoms. The molecule has 17 heavy (non-hydrogen) atoms. The van der Waals surface area contributed by atoms with Crippen LogP contribution in [0.15, 0.2) is 24.3 Å². The Morgan fingerprint density at radius 1 is 1.41 bits per heavy atom. The lowest BCUT2D eigenvalue weighted by atomic mass is 10.1. The molecule has 0 aromatic heterocycles. The summed E-state index contributed by atoms with van der Waals surface area (Å²) in [6.45, 7) is 6.09. The Hall–Kier alpha value is -1.95. The van der Waals surface area contributed by atoms with Gasteiger partial charge in [0, 0.05) is 16.8 Å². The summed E-state index contributed by atoms with van der Waals surface area (Å²) in [6.07, 6.45) is 5.30. The number of anilines is 1. The van der Waals surface area contributed by atoms with Crippen molar-refractivity contribution in [1.82, 2.24) is 5.32 Å². The summed E-state index contributed by atoms with van der Waals surface area (Å²) in [5, 5.41) is 5.91. The van der Waals surface area contributed by atoms with Gasteiger partial charge in [0.25, 0.3) is 0 Å². The summed E-state index contributed by atoms with van der Waals surface area (Å²) >= 11 is 0. The monoisotopic (exact) mass is 230 g/mol. The normalized spacial score (nSPS) is 10.5. The summed E-state index contributed by atoms with van der Waals surface area (Å²) in [7, 11) is 0. The van der Waals surface area contributed by atoms with Crippen LogP contribution in [0, 0.1) is 12.3 Å². The number of hydrogen-bond donors (Lipinski definition) is 2. The van der Waals surface area contributed by atoms with Gasteiger partial charge in [-0.05, 0) is 39.0 Å². The number of amides is 1. The first-order chi connectivity index (χ1) is 7.90. The van der Waals surface area contributed by atoms with Crippen LogP contribution < -0.4 is 10.6 Å². The molecule has 0 bridgehead atoms. The highest BCUT2D eigenvalue weighted by Gasteiger charge is 2.12. The molecule has 0 radical (unpaired) electrons. The van der Waals surface area contributed by atoms with Gasteiger partial charge in [-0.2, -0.15) is 0 Å². The minimum Gasteiger partial charge on any atom is -0.376 e. The van der Waals surface area contributed by atoms with Crippen molar-refractivity contribution < 1.29 is 4.79 Å². The van der Waals surface area contributed by atoms with E-state index in [1.807, 2.05) is 45.0 Å². The van der Waals surface area contributed by atoms with E-state index in [1.165, 1.54) is 0 Å². The summed E-state index contributed by atoms with van der Waals surface area (Å²) in [4.78, 5) is 11.6. The van der Waals surface area contributed by atoms with E-state index in [0.717, 1.165) is 11.3 Å². The van der Waals surface area contributed by atoms with E-state index in [4.69, 9.17) is 6.42 Å². The number of hydrogen-bond acceptors (Lipinski definition) is 2. The topological polar surface area (TPSA) is 41.1 Å². The minimum absolute atomic E-state index is 0.0383. The first-order valence-corrected chi connectivity index (χ1v) is 5.52. The quantitative estimate of drug-likeness (QED) is 0.780. The lowest BCUT2D eigenvalue weighted by Gasteiger charge is -2.20. The average molecular weight is 230 g/mol. The van der Waals surface area contributed by atoms with Crippen LogP contribution in [0.5, 0.6) is 0 Å². The second-order valence-electron chi connectivity index (χ2n) is 4.88. The average Bonchev–Trinajstić information content (AvgIpc) is 2.24. The zero-order valence-electron chi connectivity index (χ0n) is 10.5. The molecule has 0 heterocycles. The van der Waals surface area contributed by atoms with Crippen LogP contribution in [-0.4, -0.2) is 18.0 Å². The fourth-order valence-electron chi connectivity index (χ4n) is 1.36. The second kappa shape index (κ2) is 5.40. The van der Waals surface area contributed by atoms with E-state index in [9.17, 15) is 4.79 Å². The number of benzene rings is 1. The maximum absolute atomic E-state index is 11.6. The lowest BCUT2D eigenvalue weighted by molar-refractivity contribution is -0.120. The zero-order valence-corrected chi connectivity index (χ0v) is 10.5. The van der Waals surface area contributed by atoms with Gasteiger partial charge in [0.05, 0.1) is 6.54 Å². The Labute approximate surface area is 103 Å². The van der Waals surface area contributed by atoms with Gasteiger partial charge in [-0.1, -0.05) is 12.0 Å². The highest BCUT2D eigenvalue weighted by molar-refractivity contribution is 5.81. The molecule has 0 atom stereocenters. The molecule has 0 saturated heterocycles. The summed E-state index contributed by atoms with van der Waals surface area (Å²) in [5.74, 6) is 2.51. The molecule has 3 heteroatoms. The highest BCUT2D eigenvalue weighted by Crippen LogP contribution is 2.09. The Bertz CT molecular complexity index is 438. The molecule has 1 aromatic carbocycles. The number of rotatable bonds is 3. The maximum atomic E-state index is 11.6. The van der Waals surface area contributed by atoms with Gasteiger partial charge in [0.15, 0.2) is 0 Å². The summed E-state index contributed by atoms with van der Waals surface area (Å²) in [5.41, 5.74) is 1.44. The molecule has 1 aromatic rings. The van der Waals surface area contributed by atoms with Crippen molar-refractivity contribution in [1.29, 1.82) is 0 Å². The van der Waals surface area contributed by atoms with Gasteiger partial charge in [-0.25, -0.2) is 0 Å². The van der Waals surface area contributed by atoms with Crippen LogP contribution in [-0.2, 0) is 4.79 Å². The molecule has 0 aliphatic carbocycles. The number of carbonyl (C=O) groups excluding carboxylic acids is 1. The predicted octanol–water partition coefficient (Wildman–Crippen LogP) is 1.99. The van der Waals surface area contributed by atoms with Gasteiger partial charge in [0.2, 0.25) is 5.91 Å². The molecule has 1 rings (SSSR count). The molecule has 0 fully saturated rings. The van der Waals surface area contributed by atoms with Crippen molar-refractivity contribution in [2.75, 3.05) is 11.9 Å². The Kier molecular flexibility index (Phi) is 4.17. The van der Waals surface area contributed by atoms with E-state index < -0.39 is 0 Å². The van der Waals surface area contributed by atoms with Crippen LogP contribution in [0.4, 0.5) is 5.69 Å². The predicted molar refractivity (Wildman–Crippen MR) is 70.8 cm³/mol. The smallest absolute Gasteiger partial charge is 0.239 e. The minimum atomic E-state index is -0.209. The molecular weight excluding hydrogens is 212 g/mol. The third-order valence-corrected chi connectivity index (χ3v) is 2.00. The maximum Gasteiger partial charge on any atom is 0.239 e. The Balaban J connectivity index is 2.51. The van der Waals surface area contributed by atoms with Gasteiger partial charge in [-0.15, -0.1) is 6.42 Å². The third kappa shape index (κ3) is 5.07. The van der Waals surface area contributed by atoms with E-state index in [-0.39, 0.29) is 18.0 Å². The summed E-state index contributed by atoms with van der Waals surface area (Å²) < 4.78 is 0. The van der Waals surface area contributed by atoms with E-state index >= 15 is 0 Å². The van der Waals surface area contributed by atoms with Crippen LogP contribution in [0.1, 0.15) is 26.3 Å². The molecule has 1 amide bonds. The molecule has 90 valence electrons. The van der Waals surface area contributed by atoms with E-state index in [2.05, 4.69) is 16.6 Å². The molecule has 0 unspecified atom stereocenters. The standard InChI is InChI=1S/C14H18N2O/c1-5-11-7-6-8-12(9-11)15-10-13(17)16-14(2,3)4/h1,6-9,15H,10H2,2-4H3,(H,16,17). The largest absolute Gasteiger partial charge is 0.376 e. The molecule has 0 aliphatic heterocycles. The van der Waals surface area contributed by atoms with Crippen LogP contribution >= 0.6 is 0 Å². The Morgan fingerprint density at radius 2 is 2.12 bits per heavy atom. The molecule has 2 N–H and O–H groups in total. The van der Waals surface area contributed by atoms with Crippen molar-refractivity contribution in [2.45, 2.75) is 26.3 Å².